The molecule has 0 bridgehead atoms. The molecule has 28 heavy (non-hydrogen) atoms. The Kier molecular flexibility index (Phi) is 9.58. The first-order chi connectivity index (χ1) is 12.9. The van der Waals surface area contributed by atoms with Crippen molar-refractivity contribution in [2.24, 2.45) is 0 Å². The molecule has 0 unspecified atom stereocenters. The molecule has 0 aromatic heterocycles. The maximum atomic E-state index is 12.1. The van der Waals surface area contributed by atoms with Gasteiger partial charge in [-0.3, -0.25) is 0 Å². The molecule has 1 N–H and O–H groups in total. The van der Waals surface area contributed by atoms with Crippen molar-refractivity contribution in [1.29, 1.82) is 0 Å². The Hall–Kier alpha value is 1.07. The maximum Gasteiger partial charge on any atom is 0.338 e. The lowest BCUT2D eigenvalue weighted by atomic mass is 10.2. The van der Waals surface area contributed by atoms with E-state index >= 15 is 0 Å². The van der Waals surface area contributed by atoms with Gasteiger partial charge < -0.3 is 19.1 Å². The van der Waals surface area contributed by atoms with Crippen LogP contribution in [0, 0.1) is 17.9 Å². The van der Waals surface area contributed by atoms with E-state index in [1.807, 2.05) is 67.8 Å². The van der Waals surface area contributed by atoms with E-state index in [4.69, 9.17) is 9.47 Å². The van der Waals surface area contributed by atoms with Gasteiger partial charge >= 0.3 is 5.97 Å². The minimum Gasteiger partial charge on any atom is -0.744 e. The van der Waals surface area contributed by atoms with Crippen molar-refractivity contribution >= 4 is 129 Å². The van der Waals surface area contributed by atoms with Gasteiger partial charge in [0.2, 0.25) is 0 Å². The van der Waals surface area contributed by atoms with Crippen molar-refractivity contribution in [2.75, 3.05) is 13.2 Å². The smallest absolute Gasteiger partial charge is 0.338 e. The van der Waals surface area contributed by atoms with Crippen molar-refractivity contribution in [3.05, 3.63) is 41.6 Å². The number of halogens is 5. The number of carbonyl (C=O) groups excluding carboxylic acids is 1. The Morgan fingerprint density at radius 3 is 2.07 bits per heavy atom. The molecule has 152 valence electrons. The first kappa shape index (κ1) is 25.3. The number of esters is 1. The van der Waals surface area contributed by atoms with Gasteiger partial charge in [0.05, 0.1) is 24.7 Å². The van der Waals surface area contributed by atoms with E-state index in [0.717, 1.165) is 0 Å². The van der Waals surface area contributed by atoms with Gasteiger partial charge in [-0.05, 0) is 131 Å². The molecule has 0 aliphatic heterocycles. The molecule has 0 saturated heterocycles. The number of carbonyl (C=O) groups is 1. The quantitative estimate of drug-likeness (QED) is 0.196. The highest BCUT2D eigenvalue weighted by molar-refractivity contribution is 14.1. The number of benzene rings is 2. The van der Waals surface area contributed by atoms with Crippen molar-refractivity contribution in [3.8, 4) is 11.5 Å². The molecule has 0 spiro atoms. The molecule has 7 nitrogen and oxygen atoms in total. The van der Waals surface area contributed by atoms with Crippen LogP contribution in [0.5, 0.6) is 11.5 Å². The van der Waals surface area contributed by atoms with E-state index in [1.165, 1.54) is 18.2 Å². The third-order valence-electron chi connectivity index (χ3n) is 3.15. The monoisotopic (exact) mass is 967 g/mol. The van der Waals surface area contributed by atoms with Crippen LogP contribution in [0.15, 0.2) is 23.1 Å². The van der Waals surface area contributed by atoms with Crippen LogP contribution in [0.4, 0.5) is 0 Å². The first-order valence-corrected chi connectivity index (χ1v) is 13.8. The number of aromatic hydroxyl groups is 1. The molecule has 0 saturated carbocycles. The molecule has 2 aromatic rings. The second-order valence-corrected chi connectivity index (χ2v) is 12.1. The van der Waals surface area contributed by atoms with Crippen LogP contribution in [0.2, 0.25) is 0 Å². The number of ether oxygens (including phenoxy) is 2. The van der Waals surface area contributed by atoms with Gasteiger partial charge in [0.15, 0.2) is 0 Å². The number of hydrogen-bond donors (Lipinski definition) is 1. The van der Waals surface area contributed by atoms with Gasteiger partial charge in [0.25, 0.3) is 0 Å². The molecule has 0 heterocycles. The Morgan fingerprint density at radius 1 is 0.964 bits per heavy atom. The van der Waals surface area contributed by atoms with Gasteiger partial charge in [-0.25, -0.2) is 13.2 Å². The van der Waals surface area contributed by atoms with E-state index in [2.05, 4.69) is 0 Å². The van der Waals surface area contributed by atoms with Crippen LogP contribution in [-0.4, -0.2) is 37.3 Å². The van der Waals surface area contributed by atoms with Crippen LogP contribution in [0.3, 0.4) is 0 Å². The van der Waals surface area contributed by atoms with Gasteiger partial charge in [0.1, 0.15) is 34.8 Å². The number of phenolic OH excluding ortho intramolecular Hbond substituents is 1. The summed E-state index contributed by atoms with van der Waals surface area (Å²) in [4.78, 5) is 11.8. The molecule has 0 radical (unpaired) electrons. The summed E-state index contributed by atoms with van der Waals surface area (Å²) in [5.41, 5.74) is 0.296. The molecule has 2 aromatic carbocycles. The average Bonchev–Trinajstić information content (AvgIpc) is 2.56. The SMILES string of the molecule is O=C(OCCOc1c(I)cc(I)c(S(=O)(=O)[O-])c1I)c1cc(I)c(O)c(I)c1. The lowest BCUT2D eigenvalue weighted by Gasteiger charge is -2.17. The highest BCUT2D eigenvalue weighted by Gasteiger charge is 2.20. The van der Waals surface area contributed by atoms with Crippen LogP contribution in [0.25, 0.3) is 0 Å². The third-order valence-corrected chi connectivity index (χ3v) is 9.13. The summed E-state index contributed by atoms with van der Waals surface area (Å²) >= 11 is 9.35. The zero-order valence-electron chi connectivity index (χ0n) is 13.3. The van der Waals surface area contributed by atoms with Crippen LogP contribution >= 0.6 is 113 Å². The highest BCUT2D eigenvalue weighted by atomic mass is 127. The van der Waals surface area contributed by atoms with Crippen molar-refractivity contribution in [2.45, 2.75) is 4.90 Å². The van der Waals surface area contributed by atoms with E-state index in [1.54, 1.807) is 45.2 Å². The summed E-state index contributed by atoms with van der Waals surface area (Å²) in [6.45, 7) is -0.104. The zero-order chi connectivity index (χ0) is 21.2. The maximum absolute atomic E-state index is 12.1. The van der Waals surface area contributed by atoms with Crippen LogP contribution < -0.4 is 4.74 Å². The van der Waals surface area contributed by atoms with Gasteiger partial charge in [0, 0.05) is 3.57 Å². The predicted octanol–water partition coefficient (Wildman–Crippen LogP) is 4.56. The van der Waals surface area contributed by atoms with Crippen molar-refractivity contribution < 1.29 is 32.3 Å². The topological polar surface area (TPSA) is 113 Å². The van der Waals surface area contributed by atoms with Gasteiger partial charge in [-0.2, -0.15) is 0 Å². The second-order valence-electron chi connectivity index (χ2n) is 5.04. The molecule has 0 amide bonds. The number of hydrogen-bond acceptors (Lipinski definition) is 7. The molecule has 13 heteroatoms. The van der Waals surface area contributed by atoms with Crippen molar-refractivity contribution in [3.63, 3.8) is 0 Å². The van der Waals surface area contributed by atoms with E-state index < -0.39 is 16.1 Å². The van der Waals surface area contributed by atoms with Crippen molar-refractivity contribution in [1.82, 2.24) is 0 Å². The molecule has 0 aliphatic carbocycles. The van der Waals surface area contributed by atoms with Crippen LogP contribution in [-0.2, 0) is 14.9 Å². The van der Waals surface area contributed by atoms with E-state index in [0.29, 0.717) is 19.8 Å². The lowest BCUT2D eigenvalue weighted by molar-refractivity contribution is 0.0449. The van der Waals surface area contributed by atoms with Gasteiger partial charge in [-0.1, -0.05) is 0 Å². The summed E-state index contributed by atoms with van der Waals surface area (Å²) in [6.07, 6.45) is 0. The summed E-state index contributed by atoms with van der Waals surface area (Å²) in [7, 11) is -4.65. The Balaban J connectivity index is 2.07. The molecule has 2 rings (SSSR count). The molecular weight excluding hydrogens is 959 g/mol. The summed E-state index contributed by atoms with van der Waals surface area (Å²) in [5, 5.41) is 9.75. The third kappa shape index (κ3) is 6.29. The van der Waals surface area contributed by atoms with Gasteiger partial charge in [-0.15, -0.1) is 0 Å². The predicted molar refractivity (Wildman–Crippen MR) is 142 cm³/mol. The fourth-order valence-corrected chi connectivity index (χ4v) is 9.64. The normalized spacial score (nSPS) is 11.4. The fraction of sp³-hybridized carbons (Fsp3) is 0.133. The van der Waals surface area contributed by atoms with Crippen LogP contribution in [0.1, 0.15) is 10.4 Å². The second kappa shape index (κ2) is 10.6. The zero-order valence-corrected chi connectivity index (χ0v) is 24.9. The highest BCUT2D eigenvalue weighted by Crippen LogP contribution is 2.36. The Morgan fingerprint density at radius 2 is 1.54 bits per heavy atom. The fourth-order valence-electron chi connectivity index (χ4n) is 1.96. The number of phenols is 1. The first-order valence-electron chi connectivity index (χ1n) is 7.04. The lowest BCUT2D eigenvalue weighted by Crippen LogP contribution is -2.14. The minimum absolute atomic E-state index is 0.0249. The Bertz CT molecular complexity index is 1020. The summed E-state index contributed by atoms with van der Waals surface area (Å²) < 4.78 is 47.4. The number of rotatable bonds is 6. The minimum atomic E-state index is -4.65. The molecular formula is C15H8I5O7S-. The molecule has 0 fully saturated rings. The van der Waals surface area contributed by atoms with E-state index in [-0.39, 0.29) is 33.2 Å². The standard InChI is InChI=1S/C15H9I5O7S/c16-7-3-6(4-8(17)12(7)21)15(22)27-2-1-26-13-9(18)5-10(19)14(11(13)20)28(23,24)25/h3-5,21H,1-2H2,(H,23,24,25)/p-1. The molecule has 0 aliphatic rings. The Labute approximate surface area is 229 Å². The summed E-state index contributed by atoms with van der Waals surface area (Å²) in [6, 6.07) is 4.56. The molecule has 0 atom stereocenters. The van der Waals surface area contributed by atoms with E-state index in [9.17, 15) is 22.9 Å². The summed E-state index contributed by atoms with van der Waals surface area (Å²) in [5.74, 6) is -0.219. The average molecular weight is 967 g/mol. The largest absolute Gasteiger partial charge is 0.744 e.